The van der Waals surface area contributed by atoms with E-state index >= 15 is 0 Å². The van der Waals surface area contributed by atoms with Gasteiger partial charge in [-0.25, -0.2) is 13.2 Å². The second-order valence-corrected chi connectivity index (χ2v) is 9.49. The zero-order chi connectivity index (χ0) is 25.0. The molecule has 0 bridgehead atoms. The van der Waals surface area contributed by atoms with E-state index in [-0.39, 0.29) is 18.9 Å². The van der Waals surface area contributed by atoms with Crippen LogP contribution in [0.15, 0.2) is 18.2 Å². The number of hydrogen-bond donors (Lipinski definition) is 2. The maximum absolute atomic E-state index is 14.9. The van der Waals surface area contributed by atoms with Crippen LogP contribution < -0.4 is 15.5 Å². The lowest BCUT2D eigenvalue weighted by atomic mass is 9.97. The minimum atomic E-state index is -2.84. The fourth-order valence-electron chi connectivity index (χ4n) is 5.20. The average molecular weight is 496 g/mol. The van der Waals surface area contributed by atoms with Crippen LogP contribution in [0.3, 0.4) is 0 Å². The molecular formula is C24H32F3N5O3. The Morgan fingerprint density at radius 1 is 1.11 bits per heavy atom. The van der Waals surface area contributed by atoms with Crippen LogP contribution in [-0.4, -0.2) is 91.7 Å². The van der Waals surface area contributed by atoms with Crippen molar-refractivity contribution in [2.75, 3.05) is 56.0 Å². The van der Waals surface area contributed by atoms with Gasteiger partial charge >= 0.3 is 0 Å². The Morgan fingerprint density at radius 3 is 2.54 bits per heavy atom. The van der Waals surface area contributed by atoms with Gasteiger partial charge in [0, 0.05) is 51.3 Å². The third-order valence-electron chi connectivity index (χ3n) is 7.06. The van der Waals surface area contributed by atoms with E-state index < -0.39 is 29.7 Å². The van der Waals surface area contributed by atoms with Crippen molar-refractivity contribution in [3.8, 4) is 0 Å². The Labute approximate surface area is 202 Å². The summed E-state index contributed by atoms with van der Waals surface area (Å²) in [5.74, 6) is -4.03. The lowest BCUT2D eigenvalue weighted by Crippen LogP contribution is -2.62. The zero-order valence-corrected chi connectivity index (χ0v) is 19.6. The highest BCUT2D eigenvalue weighted by Crippen LogP contribution is 2.33. The Kier molecular flexibility index (Phi) is 7.95. The van der Waals surface area contributed by atoms with Gasteiger partial charge in [-0.2, -0.15) is 0 Å². The molecule has 0 radical (unpaired) electrons. The molecule has 3 fully saturated rings. The van der Waals surface area contributed by atoms with E-state index in [2.05, 4.69) is 10.6 Å². The smallest absolute Gasteiger partial charge is 0.275 e. The Hall–Kier alpha value is -2.66. The predicted molar refractivity (Wildman–Crippen MR) is 125 cm³/mol. The number of carbonyl (C=O) groups is 3. The number of likely N-dealkylation sites (tertiary alicyclic amines) is 1. The number of anilines is 2. The van der Waals surface area contributed by atoms with E-state index in [9.17, 15) is 27.6 Å². The Balaban J connectivity index is 1.30. The second kappa shape index (κ2) is 10.9. The zero-order valence-electron chi connectivity index (χ0n) is 19.6. The van der Waals surface area contributed by atoms with Crippen LogP contribution in [0.25, 0.3) is 0 Å². The molecule has 4 rings (SSSR count). The standard InChI is InChI=1S/C24H32F3N5O3/c25-18-15-17(28-19-4-6-22(34)29-23(19)35)3-5-20(18)31-10-12-32(13-11-31)21-7-9-30(8-1-2-14-33)16-24(21,26)27/h3,5,14-15,19,21,28H,1-2,4,6-13,16H2,(H,29,34,35). The summed E-state index contributed by atoms with van der Waals surface area (Å²) in [5.41, 5.74) is 0.842. The number of nitrogens with zero attached hydrogens (tertiary/aromatic N) is 3. The number of piperidine rings is 2. The van der Waals surface area contributed by atoms with Crippen LogP contribution >= 0.6 is 0 Å². The SMILES string of the molecule is O=CCCCN1CCC(N2CCN(c3ccc(NC4CCC(=O)NC4=O)cc3F)CC2)C(F)(F)C1. The lowest BCUT2D eigenvalue weighted by molar-refractivity contribution is -0.133. The van der Waals surface area contributed by atoms with E-state index in [1.54, 1.807) is 17.0 Å². The van der Waals surface area contributed by atoms with Crippen molar-refractivity contribution in [1.29, 1.82) is 0 Å². The number of amides is 2. The maximum atomic E-state index is 14.9. The van der Waals surface area contributed by atoms with Gasteiger partial charge in [0.05, 0.1) is 18.3 Å². The van der Waals surface area contributed by atoms with E-state index in [1.807, 2.05) is 9.80 Å². The molecule has 11 heteroatoms. The summed E-state index contributed by atoms with van der Waals surface area (Å²) in [6, 6.07) is 3.20. The van der Waals surface area contributed by atoms with Crippen LogP contribution in [0.4, 0.5) is 24.5 Å². The highest BCUT2D eigenvalue weighted by atomic mass is 19.3. The van der Waals surface area contributed by atoms with Crippen molar-refractivity contribution in [2.45, 2.75) is 50.1 Å². The van der Waals surface area contributed by atoms with Gasteiger partial charge < -0.3 is 15.0 Å². The van der Waals surface area contributed by atoms with Crippen LogP contribution in [-0.2, 0) is 14.4 Å². The van der Waals surface area contributed by atoms with E-state index in [0.717, 1.165) is 6.29 Å². The first-order valence-corrected chi connectivity index (χ1v) is 12.2. The van der Waals surface area contributed by atoms with Crippen molar-refractivity contribution < 1.29 is 27.6 Å². The van der Waals surface area contributed by atoms with Crippen molar-refractivity contribution >= 4 is 29.5 Å². The molecule has 0 saturated carbocycles. The third-order valence-corrected chi connectivity index (χ3v) is 7.06. The molecule has 8 nitrogen and oxygen atoms in total. The number of hydrogen-bond acceptors (Lipinski definition) is 7. The van der Waals surface area contributed by atoms with Crippen molar-refractivity contribution in [3.63, 3.8) is 0 Å². The van der Waals surface area contributed by atoms with E-state index in [1.165, 1.54) is 6.07 Å². The summed E-state index contributed by atoms with van der Waals surface area (Å²) < 4.78 is 44.7. The number of piperazine rings is 1. The fourth-order valence-corrected chi connectivity index (χ4v) is 5.20. The molecule has 35 heavy (non-hydrogen) atoms. The highest BCUT2D eigenvalue weighted by molar-refractivity contribution is 6.01. The van der Waals surface area contributed by atoms with Crippen molar-refractivity contribution in [2.24, 2.45) is 0 Å². The first kappa shape index (κ1) is 25.4. The van der Waals surface area contributed by atoms with Gasteiger partial charge in [-0.3, -0.25) is 24.7 Å². The normalized spacial score (nSPS) is 25.9. The van der Waals surface area contributed by atoms with Gasteiger partial charge in [0.25, 0.3) is 5.92 Å². The largest absolute Gasteiger partial charge is 0.374 e. The molecule has 1 aromatic rings. The molecule has 3 aliphatic rings. The summed E-state index contributed by atoms with van der Waals surface area (Å²) >= 11 is 0. The molecular weight excluding hydrogens is 463 g/mol. The lowest BCUT2D eigenvalue weighted by Gasteiger charge is -2.46. The Morgan fingerprint density at radius 2 is 1.89 bits per heavy atom. The summed E-state index contributed by atoms with van der Waals surface area (Å²) in [6.45, 7) is 2.49. The van der Waals surface area contributed by atoms with Crippen LogP contribution in [0.5, 0.6) is 0 Å². The molecule has 2 atom stereocenters. The Bertz CT molecular complexity index is 939. The molecule has 0 aliphatic carbocycles. The number of nitrogens with one attached hydrogen (secondary N) is 2. The van der Waals surface area contributed by atoms with E-state index in [4.69, 9.17) is 0 Å². The average Bonchev–Trinajstić information content (AvgIpc) is 2.81. The number of unbranched alkanes of at least 4 members (excludes halogenated alkanes) is 1. The number of alkyl halides is 2. The topological polar surface area (TPSA) is 85.0 Å². The van der Waals surface area contributed by atoms with Crippen LogP contribution in [0.1, 0.15) is 32.1 Å². The van der Waals surface area contributed by atoms with Gasteiger partial charge in [0.2, 0.25) is 11.8 Å². The maximum Gasteiger partial charge on any atom is 0.275 e. The number of benzene rings is 1. The molecule has 2 N–H and O–H groups in total. The number of carbonyl (C=O) groups excluding carboxylic acids is 3. The molecule has 3 heterocycles. The molecule has 0 spiro atoms. The molecule has 0 aromatic heterocycles. The van der Waals surface area contributed by atoms with Crippen LogP contribution in [0.2, 0.25) is 0 Å². The molecule has 1 aromatic carbocycles. The molecule has 3 saturated heterocycles. The minimum absolute atomic E-state index is 0.229. The number of imide groups is 1. The van der Waals surface area contributed by atoms with E-state index in [0.29, 0.717) is 76.3 Å². The second-order valence-electron chi connectivity index (χ2n) is 9.49. The summed E-state index contributed by atoms with van der Waals surface area (Å²) in [6.07, 6.45) is 2.73. The quantitative estimate of drug-likeness (QED) is 0.324. The summed E-state index contributed by atoms with van der Waals surface area (Å²) in [7, 11) is 0. The van der Waals surface area contributed by atoms with Gasteiger partial charge in [-0.15, -0.1) is 0 Å². The van der Waals surface area contributed by atoms with Gasteiger partial charge in [-0.05, 0) is 44.0 Å². The first-order chi connectivity index (χ1) is 16.8. The monoisotopic (exact) mass is 495 g/mol. The highest BCUT2D eigenvalue weighted by Gasteiger charge is 2.47. The molecule has 3 aliphatic heterocycles. The predicted octanol–water partition coefficient (Wildman–Crippen LogP) is 1.85. The van der Waals surface area contributed by atoms with Gasteiger partial charge in [0.1, 0.15) is 18.1 Å². The number of halogens is 3. The van der Waals surface area contributed by atoms with Crippen molar-refractivity contribution in [1.82, 2.24) is 15.1 Å². The summed E-state index contributed by atoms with van der Waals surface area (Å²) in [4.78, 5) is 39.1. The van der Waals surface area contributed by atoms with Gasteiger partial charge in [-0.1, -0.05) is 0 Å². The number of rotatable bonds is 8. The van der Waals surface area contributed by atoms with Gasteiger partial charge in [0.15, 0.2) is 0 Å². The summed E-state index contributed by atoms with van der Waals surface area (Å²) in [5, 5.41) is 5.23. The minimum Gasteiger partial charge on any atom is -0.374 e. The first-order valence-electron chi connectivity index (χ1n) is 12.2. The molecule has 2 amide bonds. The molecule has 2 unspecified atom stereocenters. The fraction of sp³-hybridized carbons (Fsp3) is 0.625. The molecule has 192 valence electrons. The van der Waals surface area contributed by atoms with Crippen LogP contribution in [0, 0.1) is 5.82 Å². The van der Waals surface area contributed by atoms with Crippen molar-refractivity contribution in [3.05, 3.63) is 24.0 Å². The number of aldehydes is 1. The third kappa shape index (κ3) is 6.13.